The molecule has 0 aliphatic carbocycles. The van der Waals surface area contributed by atoms with E-state index < -0.39 is 0 Å². The van der Waals surface area contributed by atoms with Crippen LogP contribution in [0.3, 0.4) is 0 Å². The molecule has 0 radical (unpaired) electrons. The molecule has 0 saturated heterocycles. The van der Waals surface area contributed by atoms with Gasteiger partial charge in [0, 0.05) is 15.6 Å². The molecule has 0 aromatic heterocycles. The minimum atomic E-state index is -0.277. The Bertz CT molecular complexity index is 1020. The highest BCUT2D eigenvalue weighted by molar-refractivity contribution is 9.10. The van der Waals surface area contributed by atoms with E-state index in [9.17, 15) is 4.79 Å². The molecule has 6 nitrogen and oxygen atoms in total. The smallest absolute Gasteiger partial charge is 0.271 e. The number of carbonyl (C=O) groups excluding carboxylic acids is 1. The van der Waals surface area contributed by atoms with E-state index in [4.69, 9.17) is 14.2 Å². The highest BCUT2D eigenvalue weighted by atomic mass is 79.9. The molecule has 0 bridgehead atoms. The maximum Gasteiger partial charge on any atom is 0.271 e. The van der Waals surface area contributed by atoms with Gasteiger partial charge in [0.05, 0.1) is 19.4 Å². The predicted octanol–water partition coefficient (Wildman–Crippen LogP) is 5.00. The van der Waals surface area contributed by atoms with Gasteiger partial charge in [-0.15, -0.1) is 0 Å². The van der Waals surface area contributed by atoms with Crippen LogP contribution in [-0.4, -0.2) is 38.5 Å². The first-order chi connectivity index (χ1) is 15.6. The standard InChI is InChI=1S/C25H25BrN2O4/c1-19-7-10-23(11-8-19)31-15-13-30-14-16-32-24-12-9-22(26)17-21(24)18-27-28-25(29)20-5-3-2-4-6-20/h2-12,17-18H,13-16H2,1H3,(H,28,29). The van der Waals surface area contributed by atoms with E-state index >= 15 is 0 Å². The number of ether oxygens (including phenoxy) is 3. The second-order valence-corrected chi connectivity index (χ2v) is 7.79. The normalized spacial score (nSPS) is 10.8. The molecule has 166 valence electrons. The third-order valence-electron chi connectivity index (χ3n) is 4.38. The zero-order chi connectivity index (χ0) is 22.6. The molecule has 0 aliphatic heterocycles. The maximum absolute atomic E-state index is 12.1. The van der Waals surface area contributed by atoms with Crippen molar-refractivity contribution in [1.29, 1.82) is 0 Å². The predicted molar refractivity (Wildman–Crippen MR) is 129 cm³/mol. The number of hydrazone groups is 1. The number of benzene rings is 3. The number of carbonyl (C=O) groups is 1. The van der Waals surface area contributed by atoms with Crippen LogP contribution in [0.4, 0.5) is 0 Å². The first kappa shape index (κ1) is 23.5. The van der Waals surface area contributed by atoms with E-state index in [2.05, 4.69) is 26.5 Å². The van der Waals surface area contributed by atoms with Crippen LogP contribution in [0.2, 0.25) is 0 Å². The highest BCUT2D eigenvalue weighted by Crippen LogP contribution is 2.21. The molecule has 0 unspecified atom stereocenters. The van der Waals surface area contributed by atoms with Crippen molar-refractivity contribution in [2.75, 3.05) is 26.4 Å². The van der Waals surface area contributed by atoms with Crippen LogP contribution in [0.15, 0.2) is 82.4 Å². The summed E-state index contributed by atoms with van der Waals surface area (Å²) in [6.07, 6.45) is 1.55. The second kappa shape index (κ2) is 12.6. The quantitative estimate of drug-likeness (QED) is 0.230. The van der Waals surface area contributed by atoms with Gasteiger partial charge in [0.1, 0.15) is 24.7 Å². The molecule has 0 heterocycles. The van der Waals surface area contributed by atoms with Gasteiger partial charge in [0.15, 0.2) is 0 Å². The minimum Gasteiger partial charge on any atom is -0.491 e. The van der Waals surface area contributed by atoms with Crippen LogP contribution in [-0.2, 0) is 4.74 Å². The van der Waals surface area contributed by atoms with E-state index in [0.29, 0.717) is 37.7 Å². The number of nitrogens with zero attached hydrogens (tertiary/aromatic N) is 1. The lowest BCUT2D eigenvalue weighted by atomic mass is 10.2. The van der Waals surface area contributed by atoms with Crippen molar-refractivity contribution >= 4 is 28.1 Å². The SMILES string of the molecule is Cc1ccc(OCCOCCOc2ccc(Br)cc2C=NNC(=O)c2ccccc2)cc1. The van der Waals surface area contributed by atoms with Gasteiger partial charge in [0.25, 0.3) is 5.91 Å². The molecule has 0 fully saturated rings. The van der Waals surface area contributed by atoms with Crippen molar-refractivity contribution in [2.45, 2.75) is 6.92 Å². The first-order valence-electron chi connectivity index (χ1n) is 10.2. The van der Waals surface area contributed by atoms with Gasteiger partial charge in [-0.3, -0.25) is 4.79 Å². The third kappa shape index (κ3) is 7.83. The number of amides is 1. The summed E-state index contributed by atoms with van der Waals surface area (Å²) in [4.78, 5) is 12.1. The molecule has 3 rings (SSSR count). The number of hydrogen-bond acceptors (Lipinski definition) is 5. The Hall–Kier alpha value is -3.16. The molecule has 7 heteroatoms. The summed E-state index contributed by atoms with van der Waals surface area (Å²) < 4.78 is 17.9. The third-order valence-corrected chi connectivity index (χ3v) is 4.87. The average molecular weight is 497 g/mol. The van der Waals surface area contributed by atoms with Crippen LogP contribution < -0.4 is 14.9 Å². The van der Waals surface area contributed by atoms with Crippen LogP contribution in [0.5, 0.6) is 11.5 Å². The lowest BCUT2D eigenvalue weighted by molar-refractivity contribution is 0.0764. The summed E-state index contributed by atoms with van der Waals surface area (Å²) in [5.74, 6) is 1.19. The van der Waals surface area contributed by atoms with Crippen molar-refractivity contribution in [3.8, 4) is 11.5 Å². The lowest BCUT2D eigenvalue weighted by Crippen LogP contribution is -2.17. The Kier molecular flexibility index (Phi) is 9.28. The van der Waals surface area contributed by atoms with E-state index in [1.54, 1.807) is 30.5 Å². The van der Waals surface area contributed by atoms with E-state index in [0.717, 1.165) is 15.8 Å². The van der Waals surface area contributed by atoms with Gasteiger partial charge in [-0.25, -0.2) is 5.43 Å². The fourth-order valence-electron chi connectivity index (χ4n) is 2.73. The molecule has 0 saturated carbocycles. The zero-order valence-electron chi connectivity index (χ0n) is 17.8. The average Bonchev–Trinajstić information content (AvgIpc) is 2.81. The van der Waals surface area contributed by atoms with Crippen LogP contribution in [0.25, 0.3) is 0 Å². The fraction of sp³-hybridized carbons (Fsp3) is 0.200. The summed E-state index contributed by atoms with van der Waals surface area (Å²) in [5.41, 5.74) is 4.99. The lowest BCUT2D eigenvalue weighted by Gasteiger charge is -2.11. The fourth-order valence-corrected chi connectivity index (χ4v) is 3.11. The largest absolute Gasteiger partial charge is 0.491 e. The van der Waals surface area contributed by atoms with Crippen molar-refractivity contribution in [2.24, 2.45) is 5.10 Å². The van der Waals surface area contributed by atoms with Gasteiger partial charge in [-0.05, 0) is 49.4 Å². The Labute approximate surface area is 196 Å². The monoisotopic (exact) mass is 496 g/mol. The highest BCUT2D eigenvalue weighted by Gasteiger charge is 2.05. The van der Waals surface area contributed by atoms with Gasteiger partial charge in [-0.2, -0.15) is 5.10 Å². The van der Waals surface area contributed by atoms with Crippen molar-refractivity contribution in [3.63, 3.8) is 0 Å². The number of halogens is 1. The molecule has 32 heavy (non-hydrogen) atoms. The van der Waals surface area contributed by atoms with E-state index in [1.807, 2.05) is 55.5 Å². The Morgan fingerprint density at radius 2 is 1.66 bits per heavy atom. The van der Waals surface area contributed by atoms with Gasteiger partial charge in [0.2, 0.25) is 0 Å². The van der Waals surface area contributed by atoms with Crippen LogP contribution >= 0.6 is 15.9 Å². The number of hydrogen-bond donors (Lipinski definition) is 1. The zero-order valence-corrected chi connectivity index (χ0v) is 19.4. The van der Waals surface area contributed by atoms with Crippen molar-refractivity contribution in [3.05, 3.63) is 94.0 Å². The van der Waals surface area contributed by atoms with Gasteiger partial charge < -0.3 is 14.2 Å². The molecular formula is C25H25BrN2O4. The van der Waals surface area contributed by atoms with Crippen molar-refractivity contribution < 1.29 is 19.0 Å². The number of nitrogens with one attached hydrogen (secondary N) is 1. The van der Waals surface area contributed by atoms with E-state index in [1.165, 1.54) is 5.56 Å². The molecule has 0 atom stereocenters. The summed E-state index contributed by atoms with van der Waals surface area (Å²) in [6.45, 7) is 3.78. The topological polar surface area (TPSA) is 69.2 Å². The molecule has 0 aliphatic rings. The van der Waals surface area contributed by atoms with Gasteiger partial charge in [-0.1, -0.05) is 51.8 Å². The first-order valence-corrected chi connectivity index (χ1v) is 11.0. The molecule has 0 spiro atoms. The number of rotatable bonds is 11. The molecule has 1 N–H and O–H groups in total. The van der Waals surface area contributed by atoms with Gasteiger partial charge >= 0.3 is 0 Å². The Morgan fingerprint density at radius 1 is 0.938 bits per heavy atom. The summed E-state index contributed by atoms with van der Waals surface area (Å²) in [5, 5.41) is 4.05. The summed E-state index contributed by atoms with van der Waals surface area (Å²) >= 11 is 3.44. The minimum absolute atomic E-state index is 0.277. The maximum atomic E-state index is 12.1. The number of aryl methyl sites for hydroxylation is 1. The van der Waals surface area contributed by atoms with E-state index in [-0.39, 0.29) is 5.91 Å². The summed E-state index contributed by atoms with van der Waals surface area (Å²) in [7, 11) is 0. The van der Waals surface area contributed by atoms with Crippen molar-refractivity contribution in [1.82, 2.24) is 5.43 Å². The Morgan fingerprint density at radius 3 is 2.41 bits per heavy atom. The second-order valence-electron chi connectivity index (χ2n) is 6.87. The Balaban J connectivity index is 1.41. The molecule has 3 aromatic rings. The van der Waals surface area contributed by atoms with Crippen LogP contribution in [0, 0.1) is 6.92 Å². The van der Waals surface area contributed by atoms with Crippen LogP contribution in [0.1, 0.15) is 21.5 Å². The molecule has 3 aromatic carbocycles. The molecule has 1 amide bonds. The molecular weight excluding hydrogens is 472 g/mol. The summed E-state index contributed by atoms with van der Waals surface area (Å²) in [6, 6.07) is 22.4.